The molecule has 0 radical (unpaired) electrons. The third-order valence-corrected chi connectivity index (χ3v) is 5.62. The van der Waals surface area contributed by atoms with Gasteiger partial charge in [-0.15, -0.1) is 0 Å². The zero-order chi connectivity index (χ0) is 20.5. The molecule has 1 aromatic carbocycles. The van der Waals surface area contributed by atoms with E-state index in [2.05, 4.69) is 5.10 Å². The summed E-state index contributed by atoms with van der Waals surface area (Å²) in [6.45, 7) is 0.845. The number of carbonyl (C=O) groups is 1. The molecule has 3 heterocycles. The fourth-order valence-corrected chi connectivity index (χ4v) is 4.18. The van der Waals surface area contributed by atoms with Gasteiger partial charge < -0.3 is 9.32 Å². The Morgan fingerprint density at radius 2 is 2.10 bits per heavy atom. The summed E-state index contributed by atoms with van der Waals surface area (Å²) in [5.74, 6) is 0.692. The molecule has 7 nitrogen and oxygen atoms in total. The third-order valence-electron chi connectivity index (χ3n) is 5.62. The number of amides is 1. The van der Waals surface area contributed by atoms with Crippen LogP contribution in [0.4, 0.5) is 0 Å². The number of carbonyl (C=O) groups excluding carboxylic acids is 1. The lowest BCUT2D eigenvalue weighted by Crippen LogP contribution is -2.30. The van der Waals surface area contributed by atoms with E-state index in [1.165, 1.54) is 11.3 Å². The highest BCUT2D eigenvalue weighted by molar-refractivity contribution is 5.94. The van der Waals surface area contributed by atoms with Gasteiger partial charge in [-0.2, -0.15) is 10.2 Å². The molecular weight excluding hydrogens is 378 g/mol. The van der Waals surface area contributed by atoms with Crippen LogP contribution < -0.4 is 0 Å². The van der Waals surface area contributed by atoms with Crippen LogP contribution in [-0.4, -0.2) is 30.4 Å². The van der Waals surface area contributed by atoms with E-state index in [4.69, 9.17) is 9.52 Å². The lowest BCUT2D eigenvalue weighted by Gasteiger charge is -2.22. The van der Waals surface area contributed by atoms with Crippen LogP contribution in [0, 0.1) is 0 Å². The number of benzene rings is 1. The highest BCUT2D eigenvalue weighted by Crippen LogP contribution is 2.26. The fraction of sp³-hybridized carbons (Fsp3) is 0.261. The molecule has 0 spiro atoms. The normalized spacial score (nSPS) is 12.8. The van der Waals surface area contributed by atoms with E-state index in [0.29, 0.717) is 18.7 Å². The number of furan rings is 1. The molecule has 1 aliphatic rings. The van der Waals surface area contributed by atoms with E-state index in [0.717, 1.165) is 36.4 Å². The first kappa shape index (κ1) is 18.4. The number of aryl methyl sites for hydroxylation is 1. The Bertz CT molecular complexity index is 1160. The minimum absolute atomic E-state index is 0.0576. The quantitative estimate of drug-likeness (QED) is 0.496. The first-order valence-electron chi connectivity index (χ1n) is 10.1. The topological polar surface area (TPSA) is 69.1 Å². The maximum atomic E-state index is 13.5. The van der Waals surface area contributed by atoms with Gasteiger partial charge in [-0.1, -0.05) is 6.07 Å². The maximum Gasteiger partial charge on any atom is 0.254 e. The number of hydrogen-bond acceptors (Lipinski definition) is 4. The average molecular weight is 401 g/mol. The van der Waals surface area contributed by atoms with Gasteiger partial charge >= 0.3 is 0 Å². The van der Waals surface area contributed by atoms with Gasteiger partial charge in [0, 0.05) is 30.7 Å². The molecule has 3 aromatic heterocycles. The summed E-state index contributed by atoms with van der Waals surface area (Å²) < 4.78 is 9.25. The molecule has 4 aromatic rings. The predicted octanol–water partition coefficient (Wildman–Crippen LogP) is 3.53. The van der Waals surface area contributed by atoms with Gasteiger partial charge in [-0.25, -0.2) is 4.68 Å². The molecule has 152 valence electrons. The largest absolute Gasteiger partial charge is 0.467 e. The second-order valence-electron chi connectivity index (χ2n) is 7.59. The molecule has 1 aliphatic carbocycles. The van der Waals surface area contributed by atoms with Gasteiger partial charge in [-0.05, 0) is 61.2 Å². The minimum atomic E-state index is -0.0576. The van der Waals surface area contributed by atoms with Gasteiger partial charge in [0.2, 0.25) is 0 Å². The monoisotopic (exact) mass is 401 g/mol. The number of hydrogen-bond donors (Lipinski definition) is 0. The van der Waals surface area contributed by atoms with Crippen LogP contribution in [0.5, 0.6) is 0 Å². The molecule has 30 heavy (non-hydrogen) atoms. The Morgan fingerprint density at radius 3 is 2.90 bits per heavy atom. The standard InChI is InChI=1S/C23H23N5O2/c1-26-22-10-3-9-20(22)21(25-26)16-27(15-19-8-4-13-30-19)23(29)17-6-2-7-18(14-17)28-12-5-11-24-28/h2,4-8,11-14H,3,9-10,15-16H2,1H3. The lowest BCUT2D eigenvalue weighted by molar-refractivity contribution is 0.0714. The summed E-state index contributed by atoms with van der Waals surface area (Å²) in [4.78, 5) is 15.3. The molecule has 0 unspecified atom stereocenters. The molecule has 0 bridgehead atoms. The second kappa shape index (κ2) is 7.67. The lowest BCUT2D eigenvalue weighted by atomic mass is 10.1. The summed E-state index contributed by atoms with van der Waals surface area (Å²) in [5, 5.41) is 8.98. The van der Waals surface area contributed by atoms with Crippen LogP contribution in [0.2, 0.25) is 0 Å². The number of fused-ring (bicyclic) bond motifs is 1. The summed E-state index contributed by atoms with van der Waals surface area (Å²) in [7, 11) is 1.99. The Kier molecular flexibility index (Phi) is 4.71. The fourth-order valence-electron chi connectivity index (χ4n) is 4.18. The SMILES string of the molecule is Cn1nc(CN(Cc2ccco2)C(=O)c2cccc(-n3cccn3)c2)c2c1CCC2. The predicted molar refractivity (Wildman–Crippen MR) is 111 cm³/mol. The molecule has 1 amide bonds. The number of rotatable bonds is 6. The van der Waals surface area contributed by atoms with E-state index >= 15 is 0 Å². The maximum absolute atomic E-state index is 13.5. The smallest absolute Gasteiger partial charge is 0.254 e. The van der Waals surface area contributed by atoms with Crippen molar-refractivity contribution in [1.29, 1.82) is 0 Å². The Labute approximate surface area is 174 Å². The van der Waals surface area contributed by atoms with Crippen LogP contribution in [0.15, 0.2) is 65.5 Å². The molecular formula is C23H23N5O2. The highest BCUT2D eigenvalue weighted by Gasteiger charge is 2.25. The minimum Gasteiger partial charge on any atom is -0.467 e. The molecule has 0 aliphatic heterocycles. The summed E-state index contributed by atoms with van der Waals surface area (Å²) >= 11 is 0. The zero-order valence-electron chi connectivity index (χ0n) is 16.9. The van der Waals surface area contributed by atoms with E-state index in [9.17, 15) is 4.79 Å². The summed E-state index contributed by atoms with van der Waals surface area (Å²) in [5.41, 5.74) is 5.02. The van der Waals surface area contributed by atoms with Crippen molar-refractivity contribution < 1.29 is 9.21 Å². The second-order valence-corrected chi connectivity index (χ2v) is 7.59. The van der Waals surface area contributed by atoms with Gasteiger partial charge in [0.05, 0.1) is 30.7 Å². The van der Waals surface area contributed by atoms with Crippen LogP contribution in [0.3, 0.4) is 0 Å². The van der Waals surface area contributed by atoms with Crippen molar-refractivity contribution in [3.63, 3.8) is 0 Å². The van der Waals surface area contributed by atoms with Crippen molar-refractivity contribution in [3.8, 4) is 5.69 Å². The van der Waals surface area contributed by atoms with Crippen LogP contribution >= 0.6 is 0 Å². The first-order chi connectivity index (χ1) is 14.7. The molecule has 0 saturated carbocycles. The molecule has 0 atom stereocenters. The van der Waals surface area contributed by atoms with E-state index in [1.54, 1.807) is 17.1 Å². The van der Waals surface area contributed by atoms with Crippen molar-refractivity contribution in [2.45, 2.75) is 32.4 Å². The van der Waals surface area contributed by atoms with Crippen molar-refractivity contribution in [3.05, 3.63) is 89.4 Å². The molecule has 0 N–H and O–H groups in total. The number of aromatic nitrogens is 4. The van der Waals surface area contributed by atoms with E-state index in [1.807, 2.05) is 65.3 Å². The Hall–Kier alpha value is -3.61. The molecule has 7 heteroatoms. The summed E-state index contributed by atoms with van der Waals surface area (Å²) in [6.07, 6.45) is 8.44. The molecule has 0 fully saturated rings. The Balaban J connectivity index is 1.47. The van der Waals surface area contributed by atoms with Crippen molar-refractivity contribution in [2.24, 2.45) is 7.05 Å². The number of nitrogens with zero attached hydrogens (tertiary/aromatic N) is 5. The Morgan fingerprint density at radius 1 is 1.17 bits per heavy atom. The van der Waals surface area contributed by atoms with Crippen LogP contribution in [0.1, 0.15) is 39.5 Å². The third kappa shape index (κ3) is 3.43. The van der Waals surface area contributed by atoms with Crippen LogP contribution in [-0.2, 0) is 33.0 Å². The van der Waals surface area contributed by atoms with Crippen molar-refractivity contribution >= 4 is 5.91 Å². The average Bonchev–Trinajstić information content (AvgIpc) is 3.55. The van der Waals surface area contributed by atoms with Gasteiger partial charge in [-0.3, -0.25) is 9.48 Å². The van der Waals surface area contributed by atoms with Crippen LogP contribution in [0.25, 0.3) is 5.69 Å². The van der Waals surface area contributed by atoms with Crippen molar-refractivity contribution in [2.75, 3.05) is 0 Å². The molecule has 0 saturated heterocycles. The van der Waals surface area contributed by atoms with Crippen molar-refractivity contribution in [1.82, 2.24) is 24.5 Å². The van der Waals surface area contributed by atoms with Gasteiger partial charge in [0.25, 0.3) is 5.91 Å². The van der Waals surface area contributed by atoms with Gasteiger partial charge in [0.1, 0.15) is 5.76 Å². The highest BCUT2D eigenvalue weighted by atomic mass is 16.3. The van der Waals surface area contributed by atoms with E-state index < -0.39 is 0 Å². The van der Waals surface area contributed by atoms with E-state index in [-0.39, 0.29) is 5.91 Å². The first-order valence-corrected chi connectivity index (χ1v) is 10.1. The zero-order valence-corrected chi connectivity index (χ0v) is 16.9. The molecule has 5 rings (SSSR count). The summed E-state index contributed by atoms with van der Waals surface area (Å²) in [6, 6.07) is 13.1. The van der Waals surface area contributed by atoms with Gasteiger partial charge in [0.15, 0.2) is 0 Å².